The van der Waals surface area contributed by atoms with Gasteiger partial charge >= 0.3 is 0 Å². The third kappa shape index (κ3) is 1.95. The van der Waals surface area contributed by atoms with E-state index in [0.29, 0.717) is 5.92 Å². The summed E-state index contributed by atoms with van der Waals surface area (Å²) in [6.45, 7) is 2.31. The molecule has 1 radical (unpaired) electrons. The fourth-order valence-electron chi connectivity index (χ4n) is 1.41. The van der Waals surface area contributed by atoms with Gasteiger partial charge in [0.2, 0.25) is 0 Å². The maximum atomic E-state index is 10.4. The second kappa shape index (κ2) is 3.18. The van der Waals surface area contributed by atoms with Gasteiger partial charge in [-0.2, -0.15) is 0 Å². The molecule has 0 aromatic heterocycles. The van der Waals surface area contributed by atoms with Crippen LogP contribution in [0.15, 0.2) is 0 Å². The first-order chi connectivity index (χ1) is 4.33. The molecule has 1 heterocycles. The molecule has 0 bridgehead atoms. The summed E-state index contributed by atoms with van der Waals surface area (Å²) in [5.41, 5.74) is 0. The Morgan fingerprint density at radius 3 is 2.89 bits per heavy atom. The quantitative estimate of drug-likeness (QED) is 0.511. The fourth-order valence-corrected chi connectivity index (χ4v) is 1.41. The predicted octanol–water partition coefficient (Wildman–Crippen LogP) is 0.759. The van der Waals surface area contributed by atoms with Crippen LogP contribution in [0.4, 0.5) is 0 Å². The zero-order valence-corrected chi connectivity index (χ0v) is 5.97. The lowest BCUT2D eigenvalue weighted by molar-refractivity contribution is 0.0934. The van der Waals surface area contributed by atoms with Gasteiger partial charge in [-0.1, -0.05) is 0 Å². The Bertz CT molecular complexity index is 85.0. The largest absolute Gasteiger partial charge is 0.306 e. The molecule has 2 heteroatoms. The Labute approximate surface area is 56.5 Å². The molecule has 2 nitrogen and oxygen atoms in total. The smallest absolute Gasteiger partial charge is 0.0862 e. The maximum absolute atomic E-state index is 10.4. The van der Waals surface area contributed by atoms with Crippen LogP contribution in [-0.2, 0) is 5.11 Å². The van der Waals surface area contributed by atoms with Crippen LogP contribution in [0, 0.1) is 5.92 Å². The van der Waals surface area contributed by atoms with E-state index in [2.05, 4.69) is 11.9 Å². The van der Waals surface area contributed by atoms with E-state index in [9.17, 15) is 5.11 Å². The topological polar surface area (TPSA) is 23.1 Å². The molecule has 0 saturated carbocycles. The Hall–Kier alpha value is -0.0800. The minimum Gasteiger partial charge on any atom is -0.306 e. The van der Waals surface area contributed by atoms with E-state index < -0.39 is 0 Å². The zero-order valence-electron chi connectivity index (χ0n) is 5.97. The molecule has 0 aliphatic carbocycles. The summed E-state index contributed by atoms with van der Waals surface area (Å²) in [6.07, 6.45) is 2.36. The molecule has 0 unspecified atom stereocenters. The van der Waals surface area contributed by atoms with Crippen molar-refractivity contribution in [2.24, 2.45) is 5.92 Å². The van der Waals surface area contributed by atoms with E-state index in [1.165, 1.54) is 13.0 Å². The van der Waals surface area contributed by atoms with Crippen molar-refractivity contribution in [1.82, 2.24) is 4.90 Å². The van der Waals surface area contributed by atoms with E-state index >= 15 is 0 Å². The molecular weight excluding hydrogens is 114 g/mol. The second-order valence-corrected chi connectivity index (χ2v) is 2.94. The van der Waals surface area contributed by atoms with Gasteiger partial charge in [-0.05, 0) is 32.4 Å². The Morgan fingerprint density at radius 2 is 2.44 bits per heavy atom. The summed E-state index contributed by atoms with van der Waals surface area (Å²) in [5, 5.41) is 10.4. The molecule has 0 aromatic carbocycles. The summed E-state index contributed by atoms with van der Waals surface area (Å²) in [7, 11) is 2.09. The van der Waals surface area contributed by atoms with E-state index in [0.717, 1.165) is 13.0 Å². The molecule has 1 aliphatic rings. The minimum atomic E-state index is 0.115. The van der Waals surface area contributed by atoms with Crippen molar-refractivity contribution in [3.63, 3.8) is 0 Å². The van der Waals surface area contributed by atoms with E-state index in [1.54, 1.807) is 0 Å². The Balaban J connectivity index is 2.23. The molecule has 1 aliphatic heterocycles. The van der Waals surface area contributed by atoms with Gasteiger partial charge in [-0.15, -0.1) is 0 Å². The summed E-state index contributed by atoms with van der Waals surface area (Å²) >= 11 is 0. The first kappa shape index (κ1) is 7.03. The van der Waals surface area contributed by atoms with Crippen molar-refractivity contribution >= 4 is 0 Å². The van der Waals surface area contributed by atoms with Crippen LogP contribution < -0.4 is 0 Å². The van der Waals surface area contributed by atoms with Crippen molar-refractivity contribution in [3.05, 3.63) is 0 Å². The molecule has 1 rings (SSSR count). The Morgan fingerprint density at radius 1 is 1.67 bits per heavy atom. The molecule has 1 saturated heterocycles. The highest BCUT2D eigenvalue weighted by atomic mass is 16.3. The molecule has 0 spiro atoms. The number of rotatable bonds is 1. The highest BCUT2D eigenvalue weighted by Crippen LogP contribution is 2.13. The molecule has 1 fully saturated rings. The summed E-state index contributed by atoms with van der Waals surface area (Å²) in [4.78, 5) is 2.24. The molecule has 1 atom stereocenters. The van der Waals surface area contributed by atoms with Crippen LogP contribution >= 0.6 is 0 Å². The molecule has 0 N–H and O–H groups in total. The van der Waals surface area contributed by atoms with Gasteiger partial charge in [-0.25, -0.2) is 5.11 Å². The predicted molar refractivity (Wildman–Crippen MR) is 35.8 cm³/mol. The lowest BCUT2D eigenvalue weighted by atomic mass is 10.00. The van der Waals surface area contributed by atoms with Gasteiger partial charge < -0.3 is 4.90 Å². The van der Waals surface area contributed by atoms with Gasteiger partial charge in [0.15, 0.2) is 0 Å². The van der Waals surface area contributed by atoms with Crippen molar-refractivity contribution in [3.8, 4) is 0 Å². The van der Waals surface area contributed by atoms with Crippen LogP contribution in [0.1, 0.15) is 12.8 Å². The van der Waals surface area contributed by atoms with Gasteiger partial charge in [-0.3, -0.25) is 0 Å². The average molecular weight is 128 g/mol. The number of nitrogens with zero attached hydrogens (tertiary/aromatic N) is 1. The van der Waals surface area contributed by atoms with Gasteiger partial charge in [0.1, 0.15) is 0 Å². The van der Waals surface area contributed by atoms with Gasteiger partial charge in [0.25, 0.3) is 0 Å². The number of piperidine rings is 1. The summed E-state index contributed by atoms with van der Waals surface area (Å²) < 4.78 is 0. The van der Waals surface area contributed by atoms with E-state index in [-0.39, 0.29) is 6.61 Å². The Kier molecular flexibility index (Phi) is 2.49. The second-order valence-electron chi connectivity index (χ2n) is 2.94. The van der Waals surface area contributed by atoms with Crippen LogP contribution in [0.3, 0.4) is 0 Å². The monoisotopic (exact) mass is 128 g/mol. The lowest BCUT2D eigenvalue weighted by Crippen LogP contribution is -2.33. The van der Waals surface area contributed by atoms with E-state index in [4.69, 9.17) is 0 Å². The van der Waals surface area contributed by atoms with Crippen molar-refractivity contribution in [2.45, 2.75) is 12.8 Å². The molecule has 0 aromatic rings. The van der Waals surface area contributed by atoms with Gasteiger partial charge in [0, 0.05) is 6.54 Å². The first-order valence-corrected chi connectivity index (χ1v) is 3.59. The van der Waals surface area contributed by atoms with Crippen LogP contribution in [0.2, 0.25) is 0 Å². The normalized spacial score (nSPS) is 30.7. The third-order valence-electron chi connectivity index (χ3n) is 1.96. The third-order valence-corrected chi connectivity index (χ3v) is 1.96. The van der Waals surface area contributed by atoms with Crippen molar-refractivity contribution in [1.29, 1.82) is 0 Å². The highest BCUT2D eigenvalue weighted by Gasteiger charge is 2.15. The summed E-state index contributed by atoms with van der Waals surface area (Å²) in [5.74, 6) is 0.434. The SMILES string of the molecule is CN1CCC[C@@H](C[O])C1. The van der Waals surface area contributed by atoms with Crippen LogP contribution in [0.5, 0.6) is 0 Å². The highest BCUT2D eigenvalue weighted by molar-refractivity contribution is 4.68. The van der Waals surface area contributed by atoms with Crippen LogP contribution in [0.25, 0.3) is 0 Å². The molecule has 53 valence electrons. The number of likely N-dealkylation sites (tertiary alicyclic amines) is 1. The summed E-state index contributed by atoms with van der Waals surface area (Å²) in [6, 6.07) is 0. The zero-order chi connectivity index (χ0) is 6.69. The molecule has 9 heavy (non-hydrogen) atoms. The molecule has 0 amide bonds. The van der Waals surface area contributed by atoms with Crippen LogP contribution in [-0.4, -0.2) is 31.6 Å². The minimum absolute atomic E-state index is 0.115. The van der Waals surface area contributed by atoms with Gasteiger partial charge in [0.05, 0.1) is 6.61 Å². The average Bonchev–Trinajstić information content (AvgIpc) is 1.88. The standard InChI is InChI=1S/C7H14NO/c1-8-4-2-3-7(5-8)6-9/h7H,2-6H2,1H3/t7-/m1/s1. The fraction of sp³-hybridized carbons (Fsp3) is 1.00. The maximum Gasteiger partial charge on any atom is 0.0862 e. The number of hydrogen-bond acceptors (Lipinski definition) is 1. The molecular formula is C7H14NO. The van der Waals surface area contributed by atoms with Crippen molar-refractivity contribution < 1.29 is 5.11 Å². The van der Waals surface area contributed by atoms with Crippen molar-refractivity contribution in [2.75, 3.05) is 26.7 Å². The number of hydrogen-bond donors (Lipinski definition) is 0. The lowest BCUT2D eigenvalue weighted by Gasteiger charge is -2.27. The van der Waals surface area contributed by atoms with E-state index in [1.807, 2.05) is 0 Å². The first-order valence-electron chi connectivity index (χ1n) is 3.59.